The average molecular weight is 261 g/mol. The van der Waals surface area contributed by atoms with Gasteiger partial charge in [-0.3, -0.25) is 9.69 Å². The highest BCUT2D eigenvalue weighted by Gasteiger charge is 2.36. The Hall–Kier alpha value is -1.85. The van der Waals surface area contributed by atoms with Gasteiger partial charge in [-0.15, -0.1) is 0 Å². The van der Waals surface area contributed by atoms with E-state index in [1.807, 2.05) is 30.3 Å². The van der Waals surface area contributed by atoms with Crippen molar-refractivity contribution in [3.05, 3.63) is 36.1 Å². The van der Waals surface area contributed by atoms with Crippen molar-refractivity contribution >= 4 is 16.9 Å². The zero-order chi connectivity index (χ0) is 13.4. The Bertz CT molecular complexity index is 573. The first kappa shape index (κ1) is 12.2. The molecular weight excluding hydrogens is 246 g/mol. The molecule has 0 radical (unpaired) electrons. The average Bonchev–Trinajstić information content (AvgIpc) is 2.92. The molecule has 5 nitrogen and oxygen atoms in total. The van der Waals surface area contributed by atoms with Crippen LogP contribution in [0.3, 0.4) is 0 Å². The van der Waals surface area contributed by atoms with Crippen molar-refractivity contribution in [1.82, 2.24) is 4.90 Å². The van der Waals surface area contributed by atoms with Crippen molar-refractivity contribution in [3.63, 3.8) is 0 Å². The van der Waals surface area contributed by atoms with Gasteiger partial charge in [0.15, 0.2) is 0 Å². The molecule has 3 rings (SSSR count). The SMILES string of the molecule is O=C(O)[C@H]1C[C@@H](O)CN1Cc1cc2ccccc2o1. The van der Waals surface area contributed by atoms with E-state index in [9.17, 15) is 9.90 Å². The highest BCUT2D eigenvalue weighted by atomic mass is 16.4. The van der Waals surface area contributed by atoms with Crippen molar-refractivity contribution < 1.29 is 19.4 Å². The molecule has 0 aliphatic carbocycles. The maximum Gasteiger partial charge on any atom is 0.321 e. The summed E-state index contributed by atoms with van der Waals surface area (Å²) in [6.07, 6.45) is -0.305. The number of likely N-dealkylation sites (tertiary alicyclic amines) is 1. The number of rotatable bonds is 3. The van der Waals surface area contributed by atoms with E-state index in [0.29, 0.717) is 13.1 Å². The summed E-state index contributed by atoms with van der Waals surface area (Å²) in [6, 6.07) is 8.95. The molecule has 2 N–H and O–H groups in total. The lowest BCUT2D eigenvalue weighted by Crippen LogP contribution is -2.35. The Morgan fingerprint density at radius 3 is 2.95 bits per heavy atom. The monoisotopic (exact) mass is 261 g/mol. The van der Waals surface area contributed by atoms with Gasteiger partial charge >= 0.3 is 5.97 Å². The zero-order valence-corrected chi connectivity index (χ0v) is 10.3. The number of nitrogens with zero attached hydrogens (tertiary/aromatic N) is 1. The summed E-state index contributed by atoms with van der Waals surface area (Å²) in [5.41, 5.74) is 0.795. The number of aliphatic hydroxyl groups is 1. The van der Waals surface area contributed by atoms with Crippen LogP contribution in [0.4, 0.5) is 0 Å². The molecule has 100 valence electrons. The second kappa shape index (κ2) is 4.68. The first-order valence-corrected chi connectivity index (χ1v) is 6.26. The van der Waals surface area contributed by atoms with Gasteiger partial charge in [0, 0.05) is 18.4 Å². The minimum absolute atomic E-state index is 0.273. The standard InChI is InChI=1S/C14H15NO4/c16-10-6-12(14(17)18)15(7-10)8-11-5-9-3-1-2-4-13(9)19-11/h1-5,10,12,16H,6-8H2,(H,17,18)/t10-,12-/m1/s1. The van der Waals surface area contributed by atoms with E-state index in [1.54, 1.807) is 4.90 Å². The van der Waals surface area contributed by atoms with Gasteiger partial charge in [0.1, 0.15) is 17.4 Å². The molecule has 1 aliphatic rings. The number of carbonyl (C=O) groups is 1. The Balaban J connectivity index is 1.82. The number of carboxylic acids is 1. The van der Waals surface area contributed by atoms with Crippen LogP contribution in [0.15, 0.2) is 34.7 Å². The lowest BCUT2D eigenvalue weighted by Gasteiger charge is -2.18. The van der Waals surface area contributed by atoms with Crippen molar-refractivity contribution in [2.75, 3.05) is 6.54 Å². The molecule has 1 aliphatic heterocycles. The van der Waals surface area contributed by atoms with E-state index in [0.717, 1.165) is 16.7 Å². The van der Waals surface area contributed by atoms with Crippen LogP contribution in [-0.4, -0.2) is 39.8 Å². The molecule has 0 amide bonds. The summed E-state index contributed by atoms with van der Waals surface area (Å²) in [5.74, 6) is -0.172. The number of para-hydroxylation sites is 1. The van der Waals surface area contributed by atoms with Crippen LogP contribution < -0.4 is 0 Å². The summed E-state index contributed by atoms with van der Waals surface area (Å²) in [6.45, 7) is 0.775. The molecule has 0 unspecified atom stereocenters. The van der Waals surface area contributed by atoms with Gasteiger partial charge < -0.3 is 14.6 Å². The lowest BCUT2D eigenvalue weighted by molar-refractivity contribution is -0.142. The highest BCUT2D eigenvalue weighted by Crippen LogP contribution is 2.24. The number of hydrogen-bond donors (Lipinski definition) is 2. The van der Waals surface area contributed by atoms with E-state index in [4.69, 9.17) is 9.52 Å². The molecule has 1 fully saturated rings. The maximum atomic E-state index is 11.1. The van der Waals surface area contributed by atoms with E-state index < -0.39 is 18.1 Å². The van der Waals surface area contributed by atoms with Crippen molar-refractivity contribution in [2.24, 2.45) is 0 Å². The largest absolute Gasteiger partial charge is 0.480 e. The third-order valence-electron chi connectivity index (χ3n) is 3.50. The van der Waals surface area contributed by atoms with Gasteiger partial charge in [0.2, 0.25) is 0 Å². The topological polar surface area (TPSA) is 73.9 Å². The van der Waals surface area contributed by atoms with Gasteiger partial charge in [-0.25, -0.2) is 0 Å². The third kappa shape index (κ3) is 2.34. The van der Waals surface area contributed by atoms with Gasteiger partial charge in [-0.1, -0.05) is 18.2 Å². The predicted octanol–water partition coefficient (Wildman–Crippen LogP) is 1.45. The van der Waals surface area contributed by atoms with E-state index in [1.165, 1.54) is 0 Å². The van der Waals surface area contributed by atoms with Crippen LogP contribution >= 0.6 is 0 Å². The van der Waals surface area contributed by atoms with Crippen LogP contribution in [0.1, 0.15) is 12.2 Å². The van der Waals surface area contributed by atoms with Gasteiger partial charge in [0.05, 0.1) is 12.6 Å². The Labute approximate surface area is 110 Å². The number of furan rings is 1. The molecule has 0 saturated carbocycles. The van der Waals surface area contributed by atoms with E-state index >= 15 is 0 Å². The number of aliphatic carboxylic acids is 1. The molecule has 19 heavy (non-hydrogen) atoms. The van der Waals surface area contributed by atoms with E-state index in [2.05, 4.69) is 0 Å². The predicted molar refractivity (Wildman–Crippen MR) is 68.7 cm³/mol. The van der Waals surface area contributed by atoms with Crippen molar-refractivity contribution in [1.29, 1.82) is 0 Å². The summed E-state index contributed by atoms with van der Waals surface area (Å²) >= 11 is 0. The number of hydrogen-bond acceptors (Lipinski definition) is 4. The van der Waals surface area contributed by atoms with Crippen LogP contribution in [0.5, 0.6) is 0 Å². The van der Waals surface area contributed by atoms with Gasteiger partial charge in [-0.2, -0.15) is 0 Å². The first-order chi connectivity index (χ1) is 9.13. The number of carboxylic acid groups (broad SMARTS) is 1. The van der Waals surface area contributed by atoms with Crippen LogP contribution in [0.2, 0.25) is 0 Å². The Morgan fingerprint density at radius 2 is 2.21 bits per heavy atom. The smallest absolute Gasteiger partial charge is 0.321 e. The first-order valence-electron chi connectivity index (χ1n) is 6.26. The van der Waals surface area contributed by atoms with E-state index in [-0.39, 0.29) is 6.42 Å². The summed E-state index contributed by atoms with van der Waals surface area (Å²) in [7, 11) is 0. The van der Waals surface area contributed by atoms with Crippen molar-refractivity contribution in [2.45, 2.75) is 25.1 Å². The molecule has 1 aromatic carbocycles. The second-order valence-electron chi connectivity index (χ2n) is 4.92. The molecule has 0 spiro atoms. The number of β-amino-alcohol motifs (C(OH)–C–C–N with tert-alkyl or cyclic N) is 1. The third-order valence-corrected chi connectivity index (χ3v) is 3.50. The van der Waals surface area contributed by atoms with Crippen molar-refractivity contribution in [3.8, 4) is 0 Å². The molecule has 1 saturated heterocycles. The number of aliphatic hydroxyl groups excluding tert-OH is 1. The second-order valence-corrected chi connectivity index (χ2v) is 4.92. The Kier molecular flexibility index (Phi) is 3.00. The van der Waals surface area contributed by atoms with Crippen LogP contribution in [-0.2, 0) is 11.3 Å². The zero-order valence-electron chi connectivity index (χ0n) is 10.3. The molecule has 5 heteroatoms. The fourth-order valence-corrected chi connectivity index (χ4v) is 2.63. The normalized spacial score (nSPS) is 24.1. The lowest BCUT2D eigenvalue weighted by atomic mass is 10.2. The van der Waals surface area contributed by atoms with Gasteiger partial charge in [-0.05, 0) is 12.1 Å². The molecular formula is C14H15NO4. The number of fused-ring (bicyclic) bond motifs is 1. The minimum atomic E-state index is -0.896. The molecule has 1 aromatic heterocycles. The molecule has 0 bridgehead atoms. The molecule has 2 aromatic rings. The fourth-order valence-electron chi connectivity index (χ4n) is 2.63. The summed E-state index contributed by atoms with van der Waals surface area (Å²) in [4.78, 5) is 12.9. The maximum absolute atomic E-state index is 11.1. The molecule has 2 atom stereocenters. The minimum Gasteiger partial charge on any atom is -0.480 e. The number of benzene rings is 1. The summed E-state index contributed by atoms with van der Waals surface area (Å²) in [5, 5.41) is 19.7. The van der Waals surface area contributed by atoms with Crippen LogP contribution in [0.25, 0.3) is 11.0 Å². The van der Waals surface area contributed by atoms with Gasteiger partial charge in [0.25, 0.3) is 0 Å². The molecule has 2 heterocycles. The fraction of sp³-hybridized carbons (Fsp3) is 0.357. The summed E-state index contributed by atoms with van der Waals surface area (Å²) < 4.78 is 5.68. The quantitative estimate of drug-likeness (QED) is 0.874. The Morgan fingerprint density at radius 1 is 1.42 bits per heavy atom. The van der Waals surface area contributed by atoms with Crippen LogP contribution in [0, 0.1) is 0 Å². The highest BCUT2D eigenvalue weighted by molar-refractivity contribution is 5.77.